The number of amides is 5. The van der Waals surface area contributed by atoms with E-state index in [0.717, 1.165) is 17.7 Å². The van der Waals surface area contributed by atoms with Crippen LogP contribution in [0.15, 0.2) is 24.3 Å². The molecule has 1 spiro atoms. The van der Waals surface area contributed by atoms with Gasteiger partial charge in [0.2, 0.25) is 5.91 Å². The number of urea groups is 1. The Balaban J connectivity index is 1.45. The minimum atomic E-state index is -0.852. The predicted molar refractivity (Wildman–Crippen MR) is 112 cm³/mol. The van der Waals surface area contributed by atoms with Crippen LogP contribution in [0.5, 0.6) is 0 Å². The zero-order valence-corrected chi connectivity index (χ0v) is 17.8. The molecule has 9 heteroatoms. The molecular formula is C22H28N4O5. The fourth-order valence-corrected chi connectivity index (χ4v) is 4.76. The maximum atomic E-state index is 13.1. The van der Waals surface area contributed by atoms with Gasteiger partial charge in [0.1, 0.15) is 12.1 Å². The van der Waals surface area contributed by atoms with Crippen molar-refractivity contribution in [2.24, 2.45) is 0 Å². The van der Waals surface area contributed by atoms with Gasteiger partial charge in [-0.1, -0.05) is 25.0 Å². The lowest BCUT2D eigenvalue weighted by Crippen LogP contribution is -2.48. The molecule has 2 heterocycles. The number of rotatable bonds is 4. The lowest BCUT2D eigenvalue weighted by Gasteiger charge is -2.35. The van der Waals surface area contributed by atoms with Crippen LogP contribution in [0.3, 0.4) is 0 Å². The normalized spacial score (nSPS) is 25.1. The van der Waals surface area contributed by atoms with Gasteiger partial charge in [0, 0.05) is 13.1 Å². The predicted octanol–water partition coefficient (Wildman–Crippen LogP) is 1.74. The average Bonchev–Trinajstić information content (AvgIpc) is 3.28. The number of hydrogen-bond acceptors (Lipinski definition) is 5. The second-order valence-corrected chi connectivity index (χ2v) is 8.67. The van der Waals surface area contributed by atoms with Crippen LogP contribution in [-0.2, 0) is 14.3 Å². The number of nitrogens with zero attached hydrogens (tertiary/aromatic N) is 2. The Labute approximate surface area is 181 Å². The van der Waals surface area contributed by atoms with Crippen molar-refractivity contribution in [3.8, 4) is 0 Å². The number of nitrogens with one attached hydrogen (secondary N) is 2. The molecule has 3 fully saturated rings. The van der Waals surface area contributed by atoms with Crippen molar-refractivity contribution in [2.45, 2.75) is 57.3 Å². The van der Waals surface area contributed by atoms with Crippen LogP contribution in [-0.4, -0.2) is 70.9 Å². The molecule has 5 amide bonds. The zero-order valence-electron chi connectivity index (χ0n) is 17.8. The quantitative estimate of drug-likeness (QED) is 0.711. The van der Waals surface area contributed by atoms with Gasteiger partial charge in [-0.05, 0) is 38.8 Å². The van der Waals surface area contributed by atoms with Gasteiger partial charge < -0.3 is 20.3 Å². The molecule has 0 bridgehead atoms. The van der Waals surface area contributed by atoms with Crippen molar-refractivity contribution in [3.05, 3.63) is 29.8 Å². The number of carbonyl (C=O) groups excluding carboxylic acids is 4. The molecule has 0 aromatic heterocycles. The van der Waals surface area contributed by atoms with E-state index in [-0.39, 0.29) is 30.6 Å². The molecule has 9 nitrogen and oxygen atoms in total. The lowest BCUT2D eigenvalue weighted by atomic mass is 9.98. The van der Waals surface area contributed by atoms with Gasteiger partial charge in [-0.2, -0.15) is 0 Å². The number of para-hydroxylation sites is 1. The van der Waals surface area contributed by atoms with Crippen LogP contribution in [0.2, 0.25) is 0 Å². The number of hydrogen-bond donors (Lipinski definition) is 2. The van der Waals surface area contributed by atoms with Crippen LogP contribution in [0.1, 0.15) is 49.9 Å². The van der Waals surface area contributed by atoms with E-state index in [4.69, 9.17) is 4.74 Å². The smallest absolute Gasteiger partial charge is 0.325 e. The highest BCUT2D eigenvalue weighted by molar-refractivity contribution is 6.11. The Morgan fingerprint density at radius 2 is 1.77 bits per heavy atom. The van der Waals surface area contributed by atoms with Crippen molar-refractivity contribution in [2.75, 3.05) is 25.0 Å². The van der Waals surface area contributed by atoms with Gasteiger partial charge in [-0.3, -0.25) is 19.3 Å². The average molecular weight is 428 g/mol. The fraction of sp³-hybridized carbons (Fsp3) is 0.545. The lowest BCUT2D eigenvalue weighted by molar-refractivity contribution is -0.133. The monoisotopic (exact) mass is 428 g/mol. The summed E-state index contributed by atoms with van der Waals surface area (Å²) in [5, 5.41) is 5.47. The van der Waals surface area contributed by atoms with E-state index in [1.165, 1.54) is 0 Å². The first-order valence-electron chi connectivity index (χ1n) is 10.8. The summed E-state index contributed by atoms with van der Waals surface area (Å²) in [5.74, 6) is -1.06. The van der Waals surface area contributed by atoms with E-state index >= 15 is 0 Å². The highest BCUT2D eigenvalue weighted by Gasteiger charge is 2.52. The van der Waals surface area contributed by atoms with Crippen molar-refractivity contribution in [3.63, 3.8) is 0 Å². The Hall–Kier alpha value is -2.94. The fourth-order valence-electron chi connectivity index (χ4n) is 4.76. The number of anilines is 1. The van der Waals surface area contributed by atoms with E-state index in [9.17, 15) is 19.2 Å². The summed E-state index contributed by atoms with van der Waals surface area (Å²) in [6.07, 6.45) is 2.81. The first-order valence-corrected chi connectivity index (χ1v) is 10.8. The number of imide groups is 1. The summed E-state index contributed by atoms with van der Waals surface area (Å²) in [7, 11) is 0. The molecule has 2 atom stereocenters. The summed E-state index contributed by atoms with van der Waals surface area (Å²) in [4.78, 5) is 53.6. The van der Waals surface area contributed by atoms with Gasteiger partial charge in [0.05, 0.1) is 23.5 Å². The number of carbonyl (C=O) groups is 4. The second-order valence-electron chi connectivity index (χ2n) is 8.67. The van der Waals surface area contributed by atoms with Gasteiger partial charge in [-0.25, -0.2) is 4.79 Å². The van der Waals surface area contributed by atoms with Crippen LogP contribution < -0.4 is 10.6 Å². The molecule has 4 rings (SSSR count). The van der Waals surface area contributed by atoms with E-state index in [2.05, 4.69) is 10.6 Å². The third kappa shape index (κ3) is 4.14. The largest absolute Gasteiger partial charge is 0.372 e. The molecular weight excluding hydrogens is 400 g/mol. The molecule has 31 heavy (non-hydrogen) atoms. The standard InChI is InChI=1S/C22H28N4O5/c1-14-11-25(12-15(2)31-14)19(28)16-7-3-4-8-17(16)23-18(27)13-26-20(29)22(24-21(26)30)9-5-6-10-22/h3-4,7-8,14-15H,5-6,9-13H2,1-2H3,(H,23,27)(H,24,30). The topological polar surface area (TPSA) is 108 Å². The van der Waals surface area contributed by atoms with Gasteiger partial charge in [0.15, 0.2) is 0 Å². The van der Waals surface area contributed by atoms with E-state index in [1.807, 2.05) is 13.8 Å². The van der Waals surface area contributed by atoms with E-state index < -0.39 is 17.5 Å². The zero-order chi connectivity index (χ0) is 22.2. The van der Waals surface area contributed by atoms with Crippen LogP contribution in [0.25, 0.3) is 0 Å². The molecule has 2 unspecified atom stereocenters. The molecule has 1 aliphatic carbocycles. The summed E-state index contributed by atoms with van der Waals surface area (Å²) in [6, 6.07) is 6.21. The molecule has 2 N–H and O–H groups in total. The summed E-state index contributed by atoms with van der Waals surface area (Å²) in [5.41, 5.74) is -0.136. The second kappa shape index (κ2) is 8.30. The highest BCUT2D eigenvalue weighted by Crippen LogP contribution is 2.35. The number of ether oxygens (including phenoxy) is 1. The van der Waals surface area contributed by atoms with Crippen molar-refractivity contribution < 1.29 is 23.9 Å². The van der Waals surface area contributed by atoms with E-state index in [0.29, 0.717) is 37.2 Å². The maximum Gasteiger partial charge on any atom is 0.325 e. The molecule has 3 aliphatic rings. The van der Waals surface area contributed by atoms with Crippen molar-refractivity contribution in [1.82, 2.24) is 15.1 Å². The molecule has 1 aromatic carbocycles. The summed E-state index contributed by atoms with van der Waals surface area (Å²) in [6.45, 7) is 4.38. The molecule has 0 radical (unpaired) electrons. The minimum absolute atomic E-state index is 0.0722. The maximum absolute atomic E-state index is 13.1. The summed E-state index contributed by atoms with van der Waals surface area (Å²) >= 11 is 0. The molecule has 2 aliphatic heterocycles. The van der Waals surface area contributed by atoms with Gasteiger partial charge >= 0.3 is 6.03 Å². The molecule has 166 valence electrons. The molecule has 1 aromatic rings. The Morgan fingerprint density at radius 1 is 1.13 bits per heavy atom. The molecule has 2 saturated heterocycles. The van der Waals surface area contributed by atoms with Gasteiger partial charge in [0.25, 0.3) is 11.8 Å². The van der Waals surface area contributed by atoms with Crippen LogP contribution in [0, 0.1) is 0 Å². The Kier molecular flexibility index (Phi) is 5.70. The van der Waals surface area contributed by atoms with Gasteiger partial charge in [-0.15, -0.1) is 0 Å². The minimum Gasteiger partial charge on any atom is -0.372 e. The highest BCUT2D eigenvalue weighted by atomic mass is 16.5. The van der Waals surface area contributed by atoms with Crippen molar-refractivity contribution in [1.29, 1.82) is 0 Å². The Morgan fingerprint density at radius 3 is 2.45 bits per heavy atom. The first-order chi connectivity index (χ1) is 14.8. The first kappa shape index (κ1) is 21.3. The van der Waals surface area contributed by atoms with Crippen molar-refractivity contribution >= 4 is 29.4 Å². The van der Waals surface area contributed by atoms with E-state index in [1.54, 1.807) is 29.2 Å². The SMILES string of the molecule is CC1CN(C(=O)c2ccccc2NC(=O)CN2C(=O)NC3(CCCC3)C2=O)CC(C)O1. The number of morpholine rings is 1. The third-order valence-corrected chi connectivity index (χ3v) is 6.14. The third-order valence-electron chi connectivity index (χ3n) is 6.14. The van der Waals surface area contributed by atoms with Crippen LogP contribution in [0.4, 0.5) is 10.5 Å². The Bertz CT molecular complexity index is 901. The van der Waals surface area contributed by atoms with Crippen LogP contribution >= 0.6 is 0 Å². The summed E-state index contributed by atoms with van der Waals surface area (Å²) < 4.78 is 5.69. The molecule has 1 saturated carbocycles. The number of benzene rings is 1.